The Bertz CT molecular complexity index is 784. The summed E-state index contributed by atoms with van der Waals surface area (Å²) >= 11 is 0. The summed E-state index contributed by atoms with van der Waals surface area (Å²) in [6.45, 7) is 5.55. The van der Waals surface area contributed by atoms with Gasteiger partial charge in [-0.25, -0.2) is 0 Å². The van der Waals surface area contributed by atoms with Crippen LogP contribution in [0.4, 0.5) is 11.4 Å². The monoisotopic (exact) mass is 338 g/mol. The summed E-state index contributed by atoms with van der Waals surface area (Å²) in [7, 11) is 0. The van der Waals surface area contributed by atoms with Crippen molar-refractivity contribution in [1.82, 2.24) is 0 Å². The Morgan fingerprint density at radius 3 is 2.36 bits per heavy atom. The van der Waals surface area contributed by atoms with Crippen LogP contribution in [0.5, 0.6) is 5.75 Å². The lowest BCUT2D eigenvalue weighted by Crippen LogP contribution is -2.31. The number of anilines is 2. The number of ether oxygens (including phenoxy) is 1. The topological polar surface area (TPSA) is 67.4 Å². The van der Waals surface area contributed by atoms with Crippen LogP contribution in [0.2, 0.25) is 0 Å². The van der Waals surface area contributed by atoms with E-state index in [4.69, 9.17) is 4.74 Å². The van der Waals surface area contributed by atoms with Crippen molar-refractivity contribution in [2.75, 3.05) is 10.6 Å². The highest BCUT2D eigenvalue weighted by Gasteiger charge is 2.28. The van der Waals surface area contributed by atoms with Gasteiger partial charge in [-0.15, -0.1) is 0 Å². The standard InChI is InChI=1S/C20H22N2O3/c1-20(2,3)19(24)22-15-9-6-8-14(12-15)21-18(23)17-11-13-7-4-5-10-16(13)25-17/h4-10,12,17H,11H2,1-3H3,(H,21,23)(H,22,24)/t17-/m0/s1. The molecule has 3 rings (SSSR count). The van der Waals surface area contributed by atoms with Crippen LogP contribution in [0.15, 0.2) is 48.5 Å². The summed E-state index contributed by atoms with van der Waals surface area (Å²) in [5.74, 6) is 0.481. The number of para-hydroxylation sites is 1. The van der Waals surface area contributed by atoms with E-state index in [1.807, 2.05) is 45.0 Å². The second kappa shape index (κ2) is 6.59. The molecule has 0 unspecified atom stereocenters. The van der Waals surface area contributed by atoms with Gasteiger partial charge >= 0.3 is 0 Å². The number of nitrogens with one attached hydrogen (secondary N) is 2. The number of benzene rings is 2. The predicted octanol–water partition coefficient (Wildman–Crippen LogP) is 3.61. The highest BCUT2D eigenvalue weighted by atomic mass is 16.5. The number of fused-ring (bicyclic) bond motifs is 1. The Labute approximate surface area is 147 Å². The third kappa shape index (κ3) is 3.99. The van der Waals surface area contributed by atoms with Crippen LogP contribution in [0.1, 0.15) is 26.3 Å². The van der Waals surface area contributed by atoms with Crippen LogP contribution >= 0.6 is 0 Å². The fraction of sp³-hybridized carbons (Fsp3) is 0.300. The molecule has 0 fully saturated rings. The van der Waals surface area contributed by atoms with Gasteiger partial charge in [-0.2, -0.15) is 0 Å². The highest BCUT2D eigenvalue weighted by Crippen LogP contribution is 2.29. The lowest BCUT2D eigenvalue weighted by Gasteiger charge is -2.18. The minimum atomic E-state index is -0.537. The molecule has 0 saturated heterocycles. The molecule has 0 saturated carbocycles. The molecule has 0 aliphatic carbocycles. The summed E-state index contributed by atoms with van der Waals surface area (Å²) in [6.07, 6.45) is 0.0212. The molecule has 1 aliphatic heterocycles. The van der Waals surface area contributed by atoms with Gasteiger partial charge in [-0.05, 0) is 29.8 Å². The van der Waals surface area contributed by atoms with Crippen molar-refractivity contribution < 1.29 is 14.3 Å². The number of hydrogen-bond donors (Lipinski definition) is 2. The van der Waals surface area contributed by atoms with Crippen LogP contribution in [-0.2, 0) is 16.0 Å². The van der Waals surface area contributed by atoms with Crippen molar-refractivity contribution in [2.24, 2.45) is 5.41 Å². The molecule has 2 amide bonds. The molecule has 0 bridgehead atoms. The lowest BCUT2D eigenvalue weighted by atomic mass is 9.95. The molecule has 1 aliphatic rings. The summed E-state index contributed by atoms with van der Waals surface area (Å²) < 4.78 is 5.70. The van der Waals surface area contributed by atoms with Gasteiger partial charge < -0.3 is 15.4 Å². The number of rotatable bonds is 3. The zero-order valence-electron chi connectivity index (χ0n) is 14.6. The summed E-state index contributed by atoms with van der Waals surface area (Å²) in [5, 5.41) is 5.71. The maximum Gasteiger partial charge on any atom is 0.265 e. The molecular weight excluding hydrogens is 316 g/mol. The van der Waals surface area contributed by atoms with E-state index in [2.05, 4.69) is 10.6 Å². The van der Waals surface area contributed by atoms with Crippen LogP contribution in [0, 0.1) is 5.41 Å². The van der Waals surface area contributed by atoms with E-state index >= 15 is 0 Å². The summed E-state index contributed by atoms with van der Waals surface area (Å²) in [4.78, 5) is 24.5. The van der Waals surface area contributed by atoms with E-state index < -0.39 is 11.5 Å². The molecule has 0 spiro atoms. The fourth-order valence-corrected chi connectivity index (χ4v) is 2.54. The molecular formula is C20H22N2O3. The third-order valence-electron chi connectivity index (χ3n) is 4.01. The van der Waals surface area contributed by atoms with Crippen LogP contribution in [0.3, 0.4) is 0 Å². The van der Waals surface area contributed by atoms with Gasteiger partial charge in [-0.3, -0.25) is 9.59 Å². The fourth-order valence-electron chi connectivity index (χ4n) is 2.54. The number of carbonyl (C=O) groups is 2. The van der Waals surface area contributed by atoms with Gasteiger partial charge in [-0.1, -0.05) is 45.0 Å². The van der Waals surface area contributed by atoms with Crippen molar-refractivity contribution in [3.8, 4) is 5.75 Å². The van der Waals surface area contributed by atoms with E-state index in [0.717, 1.165) is 11.3 Å². The van der Waals surface area contributed by atoms with E-state index in [9.17, 15) is 9.59 Å². The molecule has 2 N–H and O–H groups in total. The second-order valence-electron chi connectivity index (χ2n) is 7.19. The maximum atomic E-state index is 12.5. The largest absolute Gasteiger partial charge is 0.480 e. The van der Waals surface area contributed by atoms with Crippen molar-refractivity contribution in [2.45, 2.75) is 33.3 Å². The quantitative estimate of drug-likeness (QED) is 0.898. The molecule has 5 nitrogen and oxygen atoms in total. The molecule has 0 radical (unpaired) electrons. The van der Waals surface area contributed by atoms with Crippen LogP contribution in [0.25, 0.3) is 0 Å². The Balaban J connectivity index is 1.65. The first kappa shape index (κ1) is 17.0. The van der Waals surface area contributed by atoms with Gasteiger partial charge in [0.05, 0.1) is 0 Å². The Morgan fingerprint density at radius 1 is 1.00 bits per heavy atom. The average molecular weight is 338 g/mol. The minimum Gasteiger partial charge on any atom is -0.480 e. The van der Waals surface area contributed by atoms with Gasteiger partial charge in [0.2, 0.25) is 5.91 Å². The number of amides is 2. The van der Waals surface area contributed by atoms with Crippen molar-refractivity contribution >= 4 is 23.2 Å². The first-order valence-electron chi connectivity index (χ1n) is 8.30. The van der Waals surface area contributed by atoms with Crippen molar-refractivity contribution in [3.63, 3.8) is 0 Å². The van der Waals surface area contributed by atoms with Gasteiger partial charge in [0.15, 0.2) is 6.10 Å². The average Bonchev–Trinajstić information content (AvgIpc) is 2.98. The first-order chi connectivity index (χ1) is 11.8. The Morgan fingerprint density at radius 2 is 1.68 bits per heavy atom. The predicted molar refractivity (Wildman–Crippen MR) is 97.7 cm³/mol. The third-order valence-corrected chi connectivity index (χ3v) is 4.01. The van der Waals surface area contributed by atoms with Crippen LogP contribution in [-0.4, -0.2) is 17.9 Å². The highest BCUT2D eigenvalue weighted by molar-refractivity contribution is 5.97. The first-order valence-corrected chi connectivity index (χ1v) is 8.30. The summed E-state index contributed by atoms with van der Waals surface area (Å²) in [5.41, 5.74) is 1.82. The van der Waals surface area contributed by atoms with E-state index in [0.29, 0.717) is 17.8 Å². The minimum absolute atomic E-state index is 0.0782. The normalized spacial score (nSPS) is 15.9. The van der Waals surface area contributed by atoms with Crippen molar-refractivity contribution in [3.05, 3.63) is 54.1 Å². The zero-order valence-corrected chi connectivity index (χ0v) is 14.6. The van der Waals surface area contributed by atoms with E-state index in [1.54, 1.807) is 24.3 Å². The van der Waals surface area contributed by atoms with E-state index in [1.165, 1.54) is 0 Å². The van der Waals surface area contributed by atoms with Crippen LogP contribution < -0.4 is 15.4 Å². The molecule has 0 aromatic heterocycles. The van der Waals surface area contributed by atoms with Gasteiger partial charge in [0.1, 0.15) is 5.75 Å². The van der Waals surface area contributed by atoms with Gasteiger partial charge in [0, 0.05) is 23.2 Å². The number of carbonyl (C=O) groups excluding carboxylic acids is 2. The molecule has 1 atom stereocenters. The van der Waals surface area contributed by atoms with E-state index in [-0.39, 0.29) is 11.8 Å². The Hall–Kier alpha value is -2.82. The number of hydrogen-bond acceptors (Lipinski definition) is 3. The maximum absolute atomic E-state index is 12.5. The SMILES string of the molecule is CC(C)(C)C(=O)Nc1cccc(NC(=O)[C@@H]2Cc3ccccc3O2)c1. The molecule has 2 aromatic rings. The zero-order chi connectivity index (χ0) is 18.0. The van der Waals surface area contributed by atoms with Crippen molar-refractivity contribution in [1.29, 1.82) is 0 Å². The second-order valence-corrected chi connectivity index (χ2v) is 7.19. The molecule has 2 aromatic carbocycles. The molecule has 5 heteroatoms. The Kier molecular flexibility index (Phi) is 4.49. The summed E-state index contributed by atoms with van der Waals surface area (Å²) in [6, 6.07) is 14.8. The smallest absolute Gasteiger partial charge is 0.265 e. The van der Waals surface area contributed by atoms with Gasteiger partial charge in [0.25, 0.3) is 5.91 Å². The molecule has 25 heavy (non-hydrogen) atoms. The molecule has 130 valence electrons. The molecule has 1 heterocycles. The lowest BCUT2D eigenvalue weighted by molar-refractivity contribution is -0.123.